The van der Waals surface area contributed by atoms with Crippen LogP contribution in [0, 0.1) is 5.92 Å². The van der Waals surface area contributed by atoms with Crippen molar-refractivity contribution in [1.82, 2.24) is 4.90 Å². The zero-order chi connectivity index (χ0) is 21.1. The van der Waals surface area contributed by atoms with E-state index in [1.54, 1.807) is 47.6 Å². The van der Waals surface area contributed by atoms with Gasteiger partial charge in [-0.05, 0) is 55.0 Å². The highest BCUT2D eigenvalue weighted by Gasteiger charge is 2.31. The Morgan fingerprint density at radius 2 is 1.90 bits per heavy atom. The van der Waals surface area contributed by atoms with E-state index in [0.717, 1.165) is 11.1 Å². The van der Waals surface area contributed by atoms with E-state index in [1.807, 2.05) is 24.3 Å². The molecule has 152 valence electrons. The Kier molecular flexibility index (Phi) is 5.72. The predicted octanol–water partition coefficient (Wildman–Crippen LogP) is 5.26. The van der Waals surface area contributed by atoms with Crippen LogP contribution >= 0.6 is 11.6 Å². The van der Waals surface area contributed by atoms with Gasteiger partial charge in [0, 0.05) is 34.9 Å². The van der Waals surface area contributed by atoms with Crippen LogP contribution in [0.4, 0.5) is 5.69 Å². The average Bonchev–Trinajstić information content (AvgIpc) is 3.29. The van der Waals surface area contributed by atoms with Gasteiger partial charge < -0.3 is 14.6 Å². The van der Waals surface area contributed by atoms with Crippen molar-refractivity contribution in [2.75, 3.05) is 18.4 Å². The molecule has 0 bridgehead atoms. The van der Waals surface area contributed by atoms with Crippen LogP contribution in [-0.4, -0.2) is 29.8 Å². The molecule has 1 saturated heterocycles. The molecule has 1 fully saturated rings. The number of amides is 2. The summed E-state index contributed by atoms with van der Waals surface area (Å²) in [5, 5.41) is 3.50. The first-order chi connectivity index (χ1) is 14.5. The van der Waals surface area contributed by atoms with Gasteiger partial charge in [0.05, 0.1) is 12.2 Å². The van der Waals surface area contributed by atoms with Crippen LogP contribution in [0.2, 0.25) is 5.02 Å². The fourth-order valence-corrected chi connectivity index (χ4v) is 3.74. The molecule has 2 amide bonds. The summed E-state index contributed by atoms with van der Waals surface area (Å²) in [5.41, 5.74) is 2.91. The first-order valence-electron chi connectivity index (χ1n) is 9.66. The molecule has 5 nitrogen and oxygen atoms in total. The minimum absolute atomic E-state index is 0.131. The molecule has 1 aromatic heterocycles. The zero-order valence-electron chi connectivity index (χ0n) is 16.3. The summed E-state index contributed by atoms with van der Waals surface area (Å²) in [4.78, 5) is 27.6. The molecule has 0 saturated carbocycles. The molecule has 2 aromatic carbocycles. The summed E-state index contributed by atoms with van der Waals surface area (Å²) in [6, 6.07) is 17.9. The van der Waals surface area contributed by atoms with Gasteiger partial charge in [0.25, 0.3) is 5.91 Å². The van der Waals surface area contributed by atoms with E-state index in [2.05, 4.69) is 11.9 Å². The Morgan fingerprint density at radius 1 is 1.10 bits per heavy atom. The van der Waals surface area contributed by atoms with Gasteiger partial charge in [-0.3, -0.25) is 9.59 Å². The van der Waals surface area contributed by atoms with Crippen molar-refractivity contribution in [1.29, 1.82) is 0 Å². The Hall–Kier alpha value is -3.31. The maximum Gasteiger partial charge on any atom is 0.254 e. The number of halogens is 1. The number of hydrogen-bond donors (Lipinski definition) is 1. The molecule has 2 heterocycles. The third kappa shape index (κ3) is 4.47. The van der Waals surface area contributed by atoms with Crippen LogP contribution < -0.4 is 5.32 Å². The zero-order valence-corrected chi connectivity index (χ0v) is 17.1. The van der Waals surface area contributed by atoms with Gasteiger partial charge in [0.15, 0.2) is 0 Å². The van der Waals surface area contributed by atoms with E-state index < -0.39 is 0 Å². The molecule has 30 heavy (non-hydrogen) atoms. The molecule has 1 aliphatic heterocycles. The Balaban J connectivity index is 1.48. The number of likely N-dealkylation sites (tertiary alicyclic amines) is 1. The maximum absolute atomic E-state index is 13.1. The van der Waals surface area contributed by atoms with Crippen LogP contribution in [0.1, 0.15) is 16.8 Å². The smallest absolute Gasteiger partial charge is 0.254 e. The van der Waals surface area contributed by atoms with E-state index >= 15 is 0 Å². The van der Waals surface area contributed by atoms with Crippen molar-refractivity contribution in [2.24, 2.45) is 5.92 Å². The number of anilines is 1. The van der Waals surface area contributed by atoms with Gasteiger partial charge in [-0.15, -0.1) is 0 Å². The molecule has 0 spiro atoms. The van der Waals surface area contributed by atoms with Crippen molar-refractivity contribution in [3.05, 3.63) is 89.7 Å². The van der Waals surface area contributed by atoms with Crippen molar-refractivity contribution < 1.29 is 14.0 Å². The number of rotatable bonds is 4. The number of nitrogens with zero attached hydrogens (tertiary/aromatic N) is 1. The molecule has 0 radical (unpaired) electrons. The highest BCUT2D eigenvalue weighted by atomic mass is 35.5. The maximum atomic E-state index is 13.1. The highest BCUT2D eigenvalue weighted by Crippen LogP contribution is 2.26. The summed E-state index contributed by atoms with van der Waals surface area (Å²) in [7, 11) is 0. The van der Waals surface area contributed by atoms with E-state index in [0.29, 0.717) is 41.5 Å². The number of furan rings is 1. The molecule has 0 aliphatic carbocycles. The third-order valence-electron chi connectivity index (χ3n) is 5.08. The topological polar surface area (TPSA) is 62.6 Å². The molecule has 6 heteroatoms. The van der Waals surface area contributed by atoms with Gasteiger partial charge in [-0.2, -0.15) is 0 Å². The number of carbonyl (C=O) groups is 2. The molecular formula is C24H21ClN2O3. The number of carbonyl (C=O) groups excluding carboxylic acids is 2. The molecule has 1 atom stereocenters. The number of hydrogen-bond acceptors (Lipinski definition) is 3. The fraction of sp³-hybridized carbons (Fsp3) is 0.167. The lowest BCUT2D eigenvalue weighted by Gasteiger charge is -2.33. The quantitative estimate of drug-likeness (QED) is 0.586. The first-order valence-corrected chi connectivity index (χ1v) is 10.0. The SMILES string of the molecule is C=C1CC(C(=O)Nc2ccc(Cl)cc2)CN(C(=O)c2cccc(-c3ccco3)c2)C1. The van der Waals surface area contributed by atoms with Crippen molar-refractivity contribution in [2.45, 2.75) is 6.42 Å². The largest absolute Gasteiger partial charge is 0.464 e. The lowest BCUT2D eigenvalue weighted by Crippen LogP contribution is -2.44. The molecular weight excluding hydrogens is 400 g/mol. The minimum Gasteiger partial charge on any atom is -0.464 e. The van der Waals surface area contributed by atoms with Crippen LogP contribution in [0.5, 0.6) is 0 Å². The number of nitrogens with one attached hydrogen (secondary N) is 1. The van der Waals surface area contributed by atoms with Crippen molar-refractivity contribution in [3.63, 3.8) is 0 Å². The molecule has 3 aromatic rings. The monoisotopic (exact) mass is 420 g/mol. The van der Waals surface area contributed by atoms with Gasteiger partial charge in [-0.1, -0.05) is 35.9 Å². The van der Waals surface area contributed by atoms with Gasteiger partial charge in [0.2, 0.25) is 5.91 Å². The normalized spacial score (nSPS) is 16.4. The average molecular weight is 421 g/mol. The second-order valence-electron chi connectivity index (χ2n) is 7.39. The van der Waals surface area contributed by atoms with Crippen molar-refractivity contribution in [3.8, 4) is 11.3 Å². The molecule has 1 unspecified atom stereocenters. The van der Waals surface area contributed by atoms with Gasteiger partial charge >= 0.3 is 0 Å². The van der Waals surface area contributed by atoms with E-state index in [4.69, 9.17) is 16.0 Å². The predicted molar refractivity (Wildman–Crippen MR) is 117 cm³/mol. The van der Waals surface area contributed by atoms with Gasteiger partial charge in [-0.25, -0.2) is 0 Å². The summed E-state index contributed by atoms with van der Waals surface area (Å²) in [5.74, 6) is 0.0703. The van der Waals surface area contributed by atoms with E-state index in [-0.39, 0.29) is 17.7 Å². The first kappa shape index (κ1) is 20.0. The summed E-state index contributed by atoms with van der Waals surface area (Å²) in [6.07, 6.45) is 2.15. The summed E-state index contributed by atoms with van der Waals surface area (Å²) in [6.45, 7) is 4.82. The third-order valence-corrected chi connectivity index (χ3v) is 5.33. The van der Waals surface area contributed by atoms with Crippen LogP contribution in [0.25, 0.3) is 11.3 Å². The second-order valence-corrected chi connectivity index (χ2v) is 7.83. The lowest BCUT2D eigenvalue weighted by atomic mass is 9.93. The van der Waals surface area contributed by atoms with Crippen LogP contribution in [-0.2, 0) is 4.79 Å². The Labute approximate surface area is 180 Å². The van der Waals surface area contributed by atoms with E-state index in [9.17, 15) is 9.59 Å². The molecule has 4 rings (SSSR count). The number of piperidine rings is 1. The summed E-state index contributed by atoms with van der Waals surface area (Å²) < 4.78 is 5.43. The van der Waals surface area contributed by atoms with Crippen LogP contribution in [0.15, 0.2) is 83.5 Å². The molecule has 1 N–H and O–H groups in total. The van der Waals surface area contributed by atoms with Crippen molar-refractivity contribution >= 4 is 29.1 Å². The Bertz CT molecular complexity index is 1070. The lowest BCUT2D eigenvalue weighted by molar-refractivity contribution is -0.120. The number of benzene rings is 2. The van der Waals surface area contributed by atoms with Gasteiger partial charge in [0.1, 0.15) is 5.76 Å². The standard InChI is InChI=1S/C24H21ClN2O3/c1-16-12-19(23(28)26-21-9-7-20(25)8-10-21)15-27(14-16)24(29)18-5-2-4-17(13-18)22-6-3-11-30-22/h2-11,13,19H,1,12,14-15H2,(H,26,28). The fourth-order valence-electron chi connectivity index (χ4n) is 3.62. The Morgan fingerprint density at radius 3 is 2.63 bits per heavy atom. The molecule has 1 aliphatic rings. The minimum atomic E-state index is -0.362. The highest BCUT2D eigenvalue weighted by molar-refractivity contribution is 6.30. The van der Waals surface area contributed by atoms with Crippen LogP contribution in [0.3, 0.4) is 0 Å². The summed E-state index contributed by atoms with van der Waals surface area (Å²) >= 11 is 5.90. The van der Waals surface area contributed by atoms with E-state index in [1.165, 1.54) is 0 Å². The second kappa shape index (κ2) is 8.59.